The van der Waals surface area contributed by atoms with Crippen LogP contribution in [0.4, 0.5) is 0 Å². The molecule has 0 radical (unpaired) electrons. The monoisotopic (exact) mass is 347 g/mol. The first-order chi connectivity index (χ1) is 12.6. The van der Waals surface area contributed by atoms with Gasteiger partial charge in [-0.3, -0.25) is 14.9 Å². The second-order valence-corrected chi connectivity index (χ2v) is 6.21. The molecule has 0 spiro atoms. The highest BCUT2D eigenvalue weighted by Crippen LogP contribution is 2.30. The molecule has 26 heavy (non-hydrogen) atoms. The molecular formula is C20H17N3O3. The lowest BCUT2D eigenvalue weighted by Crippen LogP contribution is -2.22. The third-order valence-electron chi connectivity index (χ3n) is 4.52. The minimum absolute atomic E-state index is 0.00908. The van der Waals surface area contributed by atoms with Crippen molar-refractivity contribution in [3.8, 4) is 0 Å². The summed E-state index contributed by atoms with van der Waals surface area (Å²) < 4.78 is 1.96. The number of carbonyl (C=O) groups is 2. The van der Waals surface area contributed by atoms with Crippen LogP contribution in [0.25, 0.3) is 16.6 Å². The molecule has 6 nitrogen and oxygen atoms in total. The highest BCUT2D eigenvalue weighted by molar-refractivity contribution is 6.36. The van der Waals surface area contributed by atoms with Crippen LogP contribution in [0, 0.1) is 0 Å². The highest BCUT2D eigenvalue weighted by atomic mass is 16.3. The molecule has 0 atom stereocenters. The molecule has 130 valence electrons. The summed E-state index contributed by atoms with van der Waals surface area (Å²) in [5.74, 6) is -1.89. The summed E-state index contributed by atoms with van der Waals surface area (Å²) in [5, 5.41) is 12.8. The normalized spacial score (nSPS) is 14.3. The van der Waals surface area contributed by atoms with Crippen LogP contribution < -0.4 is 5.32 Å². The van der Waals surface area contributed by atoms with E-state index in [0.29, 0.717) is 12.1 Å². The standard InChI is InChI=1S/C20H17N3O3/c24-17-16(19(25)22-20(17)26)15-12-23(18-14(15)9-4-10-21-18)11-5-8-13-6-2-1-3-7-13/h1-4,6-7,9-10,12H,5,8,11H2,(H2,22,24,25,26). The molecule has 1 aromatic carbocycles. The van der Waals surface area contributed by atoms with Crippen LogP contribution in [0.3, 0.4) is 0 Å². The van der Waals surface area contributed by atoms with Crippen LogP contribution in [-0.2, 0) is 22.6 Å². The first kappa shape index (κ1) is 16.1. The number of rotatable bonds is 5. The van der Waals surface area contributed by atoms with Crippen LogP contribution in [0.1, 0.15) is 17.5 Å². The second-order valence-electron chi connectivity index (χ2n) is 6.21. The van der Waals surface area contributed by atoms with Gasteiger partial charge in [-0.1, -0.05) is 30.3 Å². The summed E-state index contributed by atoms with van der Waals surface area (Å²) in [6.45, 7) is 0.714. The maximum atomic E-state index is 12.1. The zero-order valence-electron chi connectivity index (χ0n) is 14.0. The van der Waals surface area contributed by atoms with E-state index in [-0.39, 0.29) is 5.57 Å². The molecule has 0 saturated carbocycles. The minimum atomic E-state index is -0.765. The van der Waals surface area contributed by atoms with Gasteiger partial charge in [0.15, 0.2) is 5.76 Å². The Morgan fingerprint density at radius 3 is 2.58 bits per heavy atom. The number of carbonyl (C=O) groups excluding carboxylic acids is 2. The van der Waals surface area contributed by atoms with Gasteiger partial charge in [0.25, 0.3) is 11.8 Å². The Labute approximate surface area is 149 Å². The predicted molar refractivity (Wildman–Crippen MR) is 97.2 cm³/mol. The van der Waals surface area contributed by atoms with Gasteiger partial charge in [-0.2, -0.15) is 0 Å². The second kappa shape index (κ2) is 6.48. The number of aryl methyl sites for hydroxylation is 2. The van der Waals surface area contributed by atoms with E-state index in [9.17, 15) is 14.7 Å². The maximum Gasteiger partial charge on any atom is 0.293 e. The number of pyridine rings is 1. The number of hydrogen-bond donors (Lipinski definition) is 2. The van der Waals surface area contributed by atoms with Gasteiger partial charge < -0.3 is 9.67 Å². The van der Waals surface area contributed by atoms with Crippen LogP contribution in [-0.4, -0.2) is 26.5 Å². The van der Waals surface area contributed by atoms with Crippen molar-refractivity contribution in [1.82, 2.24) is 14.9 Å². The number of benzene rings is 1. The largest absolute Gasteiger partial charge is 0.502 e. The molecule has 2 aromatic heterocycles. The lowest BCUT2D eigenvalue weighted by atomic mass is 10.1. The Balaban J connectivity index is 1.67. The number of fused-ring (bicyclic) bond motifs is 1. The number of imide groups is 1. The third kappa shape index (κ3) is 2.75. The predicted octanol–water partition coefficient (Wildman–Crippen LogP) is 2.59. The van der Waals surface area contributed by atoms with Crippen molar-refractivity contribution in [3.63, 3.8) is 0 Å². The van der Waals surface area contributed by atoms with Crippen LogP contribution in [0.5, 0.6) is 0 Å². The summed E-state index contributed by atoms with van der Waals surface area (Å²) in [5.41, 5.74) is 2.52. The number of aliphatic hydroxyl groups excluding tert-OH is 1. The van der Waals surface area contributed by atoms with E-state index in [4.69, 9.17) is 0 Å². The molecule has 2 amide bonds. The Morgan fingerprint density at radius 1 is 1.04 bits per heavy atom. The Hall–Kier alpha value is -3.41. The molecule has 0 saturated heterocycles. The maximum absolute atomic E-state index is 12.1. The smallest absolute Gasteiger partial charge is 0.293 e. The van der Waals surface area contributed by atoms with Crippen molar-refractivity contribution in [3.05, 3.63) is 71.7 Å². The van der Waals surface area contributed by atoms with Gasteiger partial charge >= 0.3 is 0 Å². The first-order valence-electron chi connectivity index (χ1n) is 8.42. The summed E-state index contributed by atoms with van der Waals surface area (Å²) in [6, 6.07) is 13.8. The molecule has 4 rings (SSSR count). The Kier molecular flexibility index (Phi) is 4.01. The van der Waals surface area contributed by atoms with Crippen LogP contribution >= 0.6 is 0 Å². The van der Waals surface area contributed by atoms with Gasteiger partial charge in [-0.25, -0.2) is 4.98 Å². The lowest BCUT2D eigenvalue weighted by molar-refractivity contribution is -0.124. The number of nitrogens with one attached hydrogen (secondary N) is 1. The van der Waals surface area contributed by atoms with E-state index < -0.39 is 17.6 Å². The fraction of sp³-hybridized carbons (Fsp3) is 0.150. The van der Waals surface area contributed by atoms with Gasteiger partial charge in [0.1, 0.15) is 5.65 Å². The number of amides is 2. The SMILES string of the molecule is O=C1NC(=O)C(c2cn(CCCc3ccccc3)c3ncccc23)=C1O. The molecule has 2 N–H and O–H groups in total. The van der Waals surface area contributed by atoms with Crippen molar-refractivity contribution >= 4 is 28.4 Å². The number of hydrogen-bond acceptors (Lipinski definition) is 4. The van der Waals surface area contributed by atoms with E-state index in [1.165, 1.54) is 5.56 Å². The van der Waals surface area contributed by atoms with Crippen molar-refractivity contribution < 1.29 is 14.7 Å². The molecule has 0 aliphatic carbocycles. The lowest BCUT2D eigenvalue weighted by Gasteiger charge is -2.04. The quantitative estimate of drug-likeness (QED) is 0.695. The number of aliphatic hydroxyl groups is 1. The van der Waals surface area contributed by atoms with E-state index in [1.54, 1.807) is 18.5 Å². The van der Waals surface area contributed by atoms with E-state index >= 15 is 0 Å². The van der Waals surface area contributed by atoms with E-state index in [0.717, 1.165) is 23.9 Å². The van der Waals surface area contributed by atoms with E-state index in [2.05, 4.69) is 22.4 Å². The Bertz CT molecular complexity index is 1030. The molecule has 3 aromatic rings. The summed E-state index contributed by atoms with van der Waals surface area (Å²) in [4.78, 5) is 28.1. The molecule has 6 heteroatoms. The molecule has 0 fully saturated rings. The molecule has 0 unspecified atom stereocenters. The summed E-state index contributed by atoms with van der Waals surface area (Å²) in [7, 11) is 0. The molecule has 1 aliphatic rings. The summed E-state index contributed by atoms with van der Waals surface area (Å²) in [6.07, 6.45) is 5.30. The molecule has 1 aliphatic heterocycles. The van der Waals surface area contributed by atoms with Gasteiger partial charge in [-0.05, 0) is 30.5 Å². The minimum Gasteiger partial charge on any atom is -0.502 e. The zero-order chi connectivity index (χ0) is 18.1. The number of aromatic nitrogens is 2. The topological polar surface area (TPSA) is 84.2 Å². The van der Waals surface area contributed by atoms with Gasteiger partial charge in [0.05, 0.1) is 5.57 Å². The zero-order valence-corrected chi connectivity index (χ0v) is 14.0. The number of nitrogens with zero attached hydrogens (tertiary/aromatic N) is 2. The fourth-order valence-electron chi connectivity index (χ4n) is 3.29. The van der Waals surface area contributed by atoms with Crippen molar-refractivity contribution in [2.75, 3.05) is 0 Å². The first-order valence-corrected chi connectivity index (χ1v) is 8.42. The van der Waals surface area contributed by atoms with Crippen molar-refractivity contribution in [2.45, 2.75) is 19.4 Å². The van der Waals surface area contributed by atoms with Crippen molar-refractivity contribution in [1.29, 1.82) is 0 Å². The van der Waals surface area contributed by atoms with Crippen LogP contribution in [0.2, 0.25) is 0 Å². The fourth-order valence-corrected chi connectivity index (χ4v) is 3.29. The summed E-state index contributed by atoms with van der Waals surface area (Å²) >= 11 is 0. The average molecular weight is 347 g/mol. The van der Waals surface area contributed by atoms with E-state index in [1.807, 2.05) is 28.8 Å². The van der Waals surface area contributed by atoms with Gasteiger partial charge in [0, 0.05) is 29.9 Å². The average Bonchev–Trinajstić information content (AvgIpc) is 3.13. The molecular weight excluding hydrogens is 330 g/mol. The van der Waals surface area contributed by atoms with Crippen LogP contribution in [0.15, 0.2) is 60.6 Å². The van der Waals surface area contributed by atoms with Crippen molar-refractivity contribution in [2.24, 2.45) is 0 Å². The molecule has 0 bridgehead atoms. The van der Waals surface area contributed by atoms with Gasteiger partial charge in [0.2, 0.25) is 0 Å². The third-order valence-corrected chi connectivity index (χ3v) is 4.52. The molecule has 3 heterocycles. The van der Waals surface area contributed by atoms with Gasteiger partial charge in [-0.15, -0.1) is 0 Å². The Morgan fingerprint density at radius 2 is 1.85 bits per heavy atom. The highest BCUT2D eigenvalue weighted by Gasteiger charge is 2.33.